The maximum atomic E-state index is 12.2. The number of rotatable bonds is 44. The van der Waals surface area contributed by atoms with Crippen molar-refractivity contribution in [3.63, 3.8) is 0 Å². The van der Waals surface area contributed by atoms with Gasteiger partial charge in [0.25, 0.3) is 0 Å². The van der Waals surface area contributed by atoms with Crippen molar-refractivity contribution in [1.29, 1.82) is 0 Å². The fraction of sp³-hybridized carbons (Fsp3) is 0.633. The number of unbranched alkanes of at least 4 members (excludes halogenated alkanes) is 11. The molecule has 5 atom stereocenters. The summed E-state index contributed by atoms with van der Waals surface area (Å²) in [4.78, 5) is 43.7. The molecule has 0 aromatic rings. The van der Waals surface area contributed by atoms with E-state index in [0.29, 0.717) is 12.8 Å². The van der Waals surface area contributed by atoms with Crippen molar-refractivity contribution >= 4 is 27.6 Å². The maximum Gasteiger partial charge on any atom is 0.472 e. The van der Waals surface area contributed by atoms with Gasteiger partial charge < -0.3 is 34.6 Å². The van der Waals surface area contributed by atoms with E-state index < -0.39 is 85.5 Å². The summed E-state index contributed by atoms with van der Waals surface area (Å²) >= 11 is 0. The molecule has 15 nitrogen and oxygen atoms in total. The summed E-state index contributed by atoms with van der Waals surface area (Å²) in [6.07, 6.45) is 46.9. The largest absolute Gasteiger partial charge is 0.472 e. The van der Waals surface area contributed by atoms with Crippen LogP contribution in [0.1, 0.15) is 142 Å². The van der Waals surface area contributed by atoms with Gasteiger partial charge in [0.15, 0.2) is 0 Å². The number of hydrogen-bond acceptors (Lipinski definition) is 13. The first-order valence-electron chi connectivity index (χ1n) is 23.6. The number of carbonyl (C=O) groups is 2. The van der Waals surface area contributed by atoms with E-state index in [9.17, 15) is 43.8 Å². The number of phosphoric ester groups is 2. The highest BCUT2D eigenvalue weighted by atomic mass is 31.2. The molecule has 66 heavy (non-hydrogen) atoms. The number of aliphatic hydroxyl groups excluding tert-OH is 3. The van der Waals surface area contributed by atoms with Crippen LogP contribution in [-0.4, -0.2) is 95.0 Å². The van der Waals surface area contributed by atoms with Crippen molar-refractivity contribution < 1.29 is 71.4 Å². The Balaban J connectivity index is 3.96. The molecule has 0 aromatic carbocycles. The first-order chi connectivity index (χ1) is 31.8. The standard InChI is InChI=1S/C49H82O15P2/c1-3-5-7-9-11-13-15-17-18-19-20-21-22-23-24-26-28-30-32-34-36-38-49(54)60-40-46(51)42-62-66(57,58)64-44-47(52)43-63-65(55,56)61-41-45(50)39-59-48(53)37-35-33-31-29-27-25-16-14-12-10-8-6-4-2/h6,8,10-14,16-18,20-21,23-25,27,45-47,50-52H,3-5,7,9,15,19,22,26,28-44H2,1-2H3,(H,55,56)(H,57,58)/b8-6+,12-10+,13-11-,16-14-,18-17-,21-20-,24-23-,27-25-. The molecule has 0 spiro atoms. The van der Waals surface area contributed by atoms with Gasteiger partial charge in [0.2, 0.25) is 0 Å². The number of phosphoric acid groups is 2. The monoisotopic (exact) mass is 973 g/mol. The zero-order valence-corrected chi connectivity index (χ0v) is 41.4. The molecule has 0 aromatic heterocycles. The first-order valence-corrected chi connectivity index (χ1v) is 26.6. The van der Waals surface area contributed by atoms with Gasteiger partial charge in [0, 0.05) is 12.8 Å². The minimum absolute atomic E-state index is 0.145. The van der Waals surface area contributed by atoms with Crippen LogP contribution in [0.5, 0.6) is 0 Å². The molecule has 0 radical (unpaired) electrons. The van der Waals surface area contributed by atoms with Gasteiger partial charge in [-0.15, -0.1) is 0 Å². The van der Waals surface area contributed by atoms with Gasteiger partial charge in [0.1, 0.15) is 31.5 Å². The van der Waals surface area contributed by atoms with Gasteiger partial charge in [-0.3, -0.25) is 27.7 Å². The summed E-state index contributed by atoms with van der Waals surface area (Å²) in [6.45, 7) is 0.142. The van der Waals surface area contributed by atoms with Crippen LogP contribution in [0, 0.1) is 0 Å². The predicted octanol–water partition coefficient (Wildman–Crippen LogP) is 10.7. The van der Waals surface area contributed by atoms with E-state index in [1.807, 2.05) is 42.5 Å². The minimum atomic E-state index is -4.80. The average molecular weight is 973 g/mol. The predicted molar refractivity (Wildman–Crippen MR) is 260 cm³/mol. The molecule has 0 heterocycles. The normalized spacial score (nSPS) is 15.9. The number of aliphatic hydroxyl groups is 3. The summed E-state index contributed by atoms with van der Waals surface area (Å²) < 4.78 is 52.9. The molecular formula is C49H82O15P2. The summed E-state index contributed by atoms with van der Waals surface area (Å²) in [7, 11) is -9.60. The van der Waals surface area contributed by atoms with Crippen LogP contribution in [0.3, 0.4) is 0 Å². The molecule has 0 saturated carbocycles. The van der Waals surface area contributed by atoms with Crippen LogP contribution in [-0.2, 0) is 46.3 Å². The highest BCUT2D eigenvalue weighted by molar-refractivity contribution is 7.47. The summed E-state index contributed by atoms with van der Waals surface area (Å²) in [6, 6.07) is 0. The fourth-order valence-corrected chi connectivity index (χ4v) is 7.03. The maximum absolute atomic E-state index is 12.2. The first kappa shape index (κ1) is 63.0. The third-order valence-corrected chi connectivity index (χ3v) is 11.0. The Morgan fingerprint density at radius 3 is 1.20 bits per heavy atom. The van der Waals surface area contributed by atoms with Crippen LogP contribution >= 0.6 is 15.6 Å². The summed E-state index contributed by atoms with van der Waals surface area (Å²) in [5.74, 6) is -1.06. The second kappa shape index (κ2) is 44.5. The van der Waals surface area contributed by atoms with Crippen molar-refractivity contribution in [1.82, 2.24) is 0 Å². The van der Waals surface area contributed by atoms with E-state index in [-0.39, 0.29) is 12.8 Å². The topological polar surface area (TPSA) is 225 Å². The highest BCUT2D eigenvalue weighted by Gasteiger charge is 2.28. The molecule has 0 aliphatic carbocycles. The van der Waals surface area contributed by atoms with Gasteiger partial charge in [-0.05, 0) is 77.0 Å². The number of esters is 2. The molecule has 0 saturated heterocycles. The fourth-order valence-electron chi connectivity index (χ4n) is 5.44. The molecule has 5 N–H and O–H groups in total. The Morgan fingerprint density at radius 2 is 0.758 bits per heavy atom. The molecule has 0 amide bonds. The zero-order valence-electron chi connectivity index (χ0n) is 39.6. The average Bonchev–Trinajstić information content (AvgIpc) is 3.29. The van der Waals surface area contributed by atoms with E-state index in [0.717, 1.165) is 77.0 Å². The smallest absolute Gasteiger partial charge is 0.463 e. The molecule has 0 aliphatic heterocycles. The summed E-state index contributed by atoms with van der Waals surface area (Å²) in [5, 5.41) is 30.0. The number of ether oxygens (including phenoxy) is 2. The van der Waals surface area contributed by atoms with Gasteiger partial charge in [-0.25, -0.2) is 9.13 Å². The molecule has 0 aliphatic rings. The van der Waals surface area contributed by atoms with E-state index in [2.05, 4.69) is 86.6 Å². The van der Waals surface area contributed by atoms with Gasteiger partial charge in [-0.1, -0.05) is 150 Å². The number of allylic oxidation sites excluding steroid dienone is 16. The van der Waals surface area contributed by atoms with Crippen molar-refractivity contribution in [2.75, 3.05) is 39.6 Å². The van der Waals surface area contributed by atoms with Crippen molar-refractivity contribution in [2.24, 2.45) is 0 Å². The van der Waals surface area contributed by atoms with Crippen molar-refractivity contribution in [2.45, 2.75) is 161 Å². The highest BCUT2D eigenvalue weighted by Crippen LogP contribution is 2.45. The van der Waals surface area contributed by atoms with E-state index in [1.54, 1.807) is 0 Å². The van der Waals surface area contributed by atoms with Crippen LogP contribution in [0.2, 0.25) is 0 Å². The van der Waals surface area contributed by atoms with Gasteiger partial charge >= 0.3 is 27.6 Å². The van der Waals surface area contributed by atoms with Gasteiger partial charge in [-0.2, -0.15) is 0 Å². The third-order valence-electron chi connectivity index (χ3n) is 9.12. The minimum Gasteiger partial charge on any atom is -0.463 e. The number of hydrogen-bond donors (Lipinski definition) is 5. The molecule has 0 rings (SSSR count). The van der Waals surface area contributed by atoms with Crippen LogP contribution < -0.4 is 0 Å². The van der Waals surface area contributed by atoms with Crippen molar-refractivity contribution in [3.8, 4) is 0 Å². The zero-order chi connectivity index (χ0) is 48.8. The lowest BCUT2D eigenvalue weighted by atomic mass is 10.1. The van der Waals surface area contributed by atoms with Gasteiger partial charge in [0.05, 0.1) is 26.4 Å². The Bertz CT molecular complexity index is 1550. The van der Waals surface area contributed by atoms with E-state index in [1.165, 1.54) is 25.7 Å². The Labute approximate surface area is 395 Å². The quantitative estimate of drug-likeness (QED) is 0.0126. The lowest BCUT2D eigenvalue weighted by Gasteiger charge is -2.19. The lowest BCUT2D eigenvalue weighted by Crippen LogP contribution is -2.25. The molecule has 378 valence electrons. The second-order valence-electron chi connectivity index (χ2n) is 15.5. The molecule has 17 heteroatoms. The molecule has 0 bridgehead atoms. The number of carbonyl (C=O) groups excluding carboxylic acids is 2. The van der Waals surface area contributed by atoms with E-state index >= 15 is 0 Å². The second-order valence-corrected chi connectivity index (χ2v) is 18.4. The molecule has 0 fully saturated rings. The van der Waals surface area contributed by atoms with Crippen LogP contribution in [0.25, 0.3) is 0 Å². The molecule has 5 unspecified atom stereocenters. The van der Waals surface area contributed by atoms with Crippen molar-refractivity contribution in [3.05, 3.63) is 97.2 Å². The lowest BCUT2D eigenvalue weighted by molar-refractivity contribution is -0.148. The summed E-state index contributed by atoms with van der Waals surface area (Å²) in [5.41, 5.74) is 0. The SMILES string of the molecule is CC/C=C/C=C/C=C\C=C/CCCCCC(=O)OCC(O)COP(=O)(O)OCC(O)COP(=O)(O)OCC(O)COC(=O)CCCCCCC/C=C\C/C=C\C/C=C\C/C=C\CCCCC. The Kier molecular flexibility index (Phi) is 42.4. The Hall–Kier alpha value is -3.04. The third kappa shape index (κ3) is 46.1. The molecular weight excluding hydrogens is 890 g/mol. The van der Waals surface area contributed by atoms with E-state index in [4.69, 9.17) is 9.47 Å². The van der Waals surface area contributed by atoms with Crippen LogP contribution in [0.4, 0.5) is 0 Å². The Morgan fingerprint density at radius 1 is 0.424 bits per heavy atom. The van der Waals surface area contributed by atoms with Crippen LogP contribution in [0.15, 0.2) is 97.2 Å².